The second-order valence-corrected chi connectivity index (χ2v) is 3.44. The molecular formula is C13H8N4. The second-order valence-electron chi connectivity index (χ2n) is 3.44. The summed E-state index contributed by atoms with van der Waals surface area (Å²) in [6.07, 6.45) is 3.06. The molecule has 0 radical (unpaired) electrons. The summed E-state index contributed by atoms with van der Waals surface area (Å²) in [7, 11) is 0. The first-order valence-corrected chi connectivity index (χ1v) is 5.14. The third-order valence-electron chi connectivity index (χ3n) is 2.32. The first-order chi connectivity index (χ1) is 8.43. The number of fused-ring (bicyclic) bond motifs is 1. The highest BCUT2D eigenvalue weighted by Crippen LogP contribution is 2.07. The van der Waals surface area contributed by atoms with Crippen LogP contribution in [0, 0.1) is 11.8 Å². The zero-order valence-corrected chi connectivity index (χ0v) is 8.88. The molecule has 80 valence electrons. The largest absolute Gasteiger partial charge is 0.341 e. The number of nitrogens with one attached hydrogen (secondary N) is 1. The molecule has 0 saturated heterocycles. The average Bonchev–Trinajstić information content (AvgIpc) is 2.86. The van der Waals surface area contributed by atoms with Crippen LogP contribution < -0.4 is 0 Å². The zero-order chi connectivity index (χ0) is 11.5. The maximum absolute atomic E-state index is 4.14. The van der Waals surface area contributed by atoms with Crippen LogP contribution in [0.4, 0.5) is 0 Å². The highest BCUT2D eigenvalue weighted by Gasteiger charge is 2.01. The van der Waals surface area contributed by atoms with Crippen LogP contribution in [-0.2, 0) is 0 Å². The van der Waals surface area contributed by atoms with Gasteiger partial charge >= 0.3 is 0 Å². The summed E-state index contributed by atoms with van der Waals surface area (Å²) in [5.74, 6) is 6.07. The Labute approximate surface area is 97.8 Å². The van der Waals surface area contributed by atoms with Gasteiger partial charge in [0.25, 0.3) is 0 Å². The average molecular weight is 220 g/mol. The van der Waals surface area contributed by atoms with Gasteiger partial charge in [-0.3, -0.25) is 0 Å². The van der Waals surface area contributed by atoms with E-state index in [1.807, 2.05) is 30.3 Å². The first-order valence-electron chi connectivity index (χ1n) is 5.14. The van der Waals surface area contributed by atoms with E-state index in [9.17, 15) is 0 Å². The SMILES string of the molecule is C(#Cc1ncnc2nc[nH]c12)c1ccccc1. The van der Waals surface area contributed by atoms with Gasteiger partial charge in [-0.2, -0.15) is 0 Å². The number of aromatic nitrogens is 4. The maximum Gasteiger partial charge on any atom is 0.181 e. The Hall–Kier alpha value is -2.67. The van der Waals surface area contributed by atoms with Gasteiger partial charge in [-0.05, 0) is 18.1 Å². The number of imidazole rings is 1. The summed E-state index contributed by atoms with van der Waals surface area (Å²) in [4.78, 5) is 15.2. The standard InChI is InChI=1S/C13H8N4/c1-2-4-10(5-3-1)6-7-11-12-13(16-8-14-11)17-9-15-12/h1-5,8-9H,(H,14,15,16,17). The number of hydrogen-bond acceptors (Lipinski definition) is 3. The van der Waals surface area contributed by atoms with Crippen molar-refractivity contribution in [3.63, 3.8) is 0 Å². The van der Waals surface area contributed by atoms with Crippen molar-refractivity contribution < 1.29 is 0 Å². The van der Waals surface area contributed by atoms with Crippen LogP contribution in [0.3, 0.4) is 0 Å². The molecule has 4 heteroatoms. The summed E-state index contributed by atoms with van der Waals surface area (Å²) in [5, 5.41) is 0. The normalized spacial score (nSPS) is 9.88. The number of rotatable bonds is 0. The molecule has 2 aromatic heterocycles. The van der Waals surface area contributed by atoms with Crippen LogP contribution in [0.2, 0.25) is 0 Å². The molecule has 1 N–H and O–H groups in total. The van der Waals surface area contributed by atoms with Crippen molar-refractivity contribution in [2.75, 3.05) is 0 Å². The lowest BCUT2D eigenvalue weighted by Gasteiger charge is -1.91. The number of hydrogen-bond donors (Lipinski definition) is 1. The maximum atomic E-state index is 4.14. The van der Waals surface area contributed by atoms with Gasteiger partial charge in [-0.1, -0.05) is 24.1 Å². The lowest BCUT2D eigenvalue weighted by Crippen LogP contribution is -1.87. The van der Waals surface area contributed by atoms with Gasteiger partial charge in [0, 0.05) is 5.56 Å². The van der Waals surface area contributed by atoms with Crippen LogP contribution in [0.1, 0.15) is 11.3 Å². The third-order valence-corrected chi connectivity index (χ3v) is 2.32. The minimum absolute atomic E-state index is 0.636. The first kappa shape index (κ1) is 9.55. The molecule has 3 aromatic rings. The highest BCUT2D eigenvalue weighted by atomic mass is 15.0. The monoisotopic (exact) mass is 220 g/mol. The number of nitrogens with zero attached hydrogens (tertiary/aromatic N) is 3. The second kappa shape index (κ2) is 4.06. The van der Waals surface area contributed by atoms with Gasteiger partial charge in [0.1, 0.15) is 17.5 Å². The Morgan fingerprint density at radius 1 is 0.941 bits per heavy atom. The highest BCUT2D eigenvalue weighted by molar-refractivity contribution is 5.75. The van der Waals surface area contributed by atoms with Gasteiger partial charge in [0.15, 0.2) is 5.65 Å². The van der Waals surface area contributed by atoms with Gasteiger partial charge in [-0.15, -0.1) is 0 Å². The van der Waals surface area contributed by atoms with E-state index in [0.29, 0.717) is 11.3 Å². The molecule has 2 heterocycles. The van der Waals surface area contributed by atoms with Gasteiger partial charge in [0.05, 0.1) is 6.33 Å². The molecule has 0 fully saturated rings. The molecule has 0 spiro atoms. The van der Waals surface area contributed by atoms with E-state index >= 15 is 0 Å². The van der Waals surface area contributed by atoms with Crippen molar-refractivity contribution in [2.24, 2.45) is 0 Å². The predicted molar refractivity (Wildman–Crippen MR) is 64.1 cm³/mol. The predicted octanol–water partition coefficient (Wildman–Crippen LogP) is 1.75. The van der Waals surface area contributed by atoms with Crippen LogP contribution in [0.5, 0.6) is 0 Å². The molecule has 4 nitrogen and oxygen atoms in total. The van der Waals surface area contributed by atoms with Crippen molar-refractivity contribution >= 4 is 11.2 Å². The third kappa shape index (κ3) is 1.86. The Morgan fingerprint density at radius 2 is 1.82 bits per heavy atom. The van der Waals surface area contributed by atoms with Crippen molar-refractivity contribution in [3.8, 4) is 11.8 Å². The minimum Gasteiger partial charge on any atom is -0.341 e. The number of aromatic amines is 1. The Bertz CT molecular complexity index is 704. The zero-order valence-electron chi connectivity index (χ0n) is 8.88. The van der Waals surface area contributed by atoms with Crippen LogP contribution in [0.15, 0.2) is 43.0 Å². The lowest BCUT2D eigenvalue weighted by molar-refractivity contribution is 1.18. The number of H-pyrrole nitrogens is 1. The molecule has 0 atom stereocenters. The fourth-order valence-corrected chi connectivity index (χ4v) is 1.51. The molecule has 0 aliphatic heterocycles. The molecule has 0 aliphatic rings. The molecule has 17 heavy (non-hydrogen) atoms. The van der Waals surface area contributed by atoms with Crippen molar-refractivity contribution in [2.45, 2.75) is 0 Å². The van der Waals surface area contributed by atoms with E-state index in [2.05, 4.69) is 31.8 Å². The Kier molecular flexibility index (Phi) is 2.28. The fourth-order valence-electron chi connectivity index (χ4n) is 1.51. The van der Waals surface area contributed by atoms with Crippen LogP contribution in [-0.4, -0.2) is 19.9 Å². The number of benzene rings is 1. The van der Waals surface area contributed by atoms with Gasteiger partial charge < -0.3 is 4.98 Å². The Balaban J connectivity index is 2.06. The van der Waals surface area contributed by atoms with Crippen molar-refractivity contribution in [3.05, 3.63) is 54.2 Å². The van der Waals surface area contributed by atoms with Crippen molar-refractivity contribution in [1.82, 2.24) is 19.9 Å². The quantitative estimate of drug-likeness (QED) is 0.587. The van der Waals surface area contributed by atoms with E-state index < -0.39 is 0 Å². The summed E-state index contributed by atoms with van der Waals surface area (Å²) < 4.78 is 0. The molecule has 1 aromatic carbocycles. The minimum atomic E-state index is 0.636. The van der Waals surface area contributed by atoms with E-state index in [1.165, 1.54) is 6.33 Å². The topological polar surface area (TPSA) is 54.5 Å². The Morgan fingerprint density at radius 3 is 2.71 bits per heavy atom. The molecule has 0 aliphatic carbocycles. The fraction of sp³-hybridized carbons (Fsp3) is 0. The summed E-state index contributed by atoms with van der Waals surface area (Å²) >= 11 is 0. The van der Waals surface area contributed by atoms with Gasteiger partial charge in [0.2, 0.25) is 0 Å². The lowest BCUT2D eigenvalue weighted by atomic mass is 10.2. The molecule has 0 unspecified atom stereocenters. The summed E-state index contributed by atoms with van der Waals surface area (Å²) in [5.41, 5.74) is 3.03. The smallest absolute Gasteiger partial charge is 0.181 e. The van der Waals surface area contributed by atoms with E-state index in [0.717, 1.165) is 11.1 Å². The molecule has 0 saturated carbocycles. The van der Waals surface area contributed by atoms with Crippen molar-refractivity contribution in [1.29, 1.82) is 0 Å². The van der Waals surface area contributed by atoms with E-state index in [-0.39, 0.29) is 0 Å². The molecule has 0 bridgehead atoms. The van der Waals surface area contributed by atoms with E-state index in [4.69, 9.17) is 0 Å². The molecule has 0 amide bonds. The molecular weight excluding hydrogens is 212 g/mol. The van der Waals surface area contributed by atoms with Crippen LogP contribution >= 0.6 is 0 Å². The summed E-state index contributed by atoms with van der Waals surface area (Å²) in [6.45, 7) is 0. The van der Waals surface area contributed by atoms with Gasteiger partial charge in [-0.25, -0.2) is 15.0 Å². The van der Waals surface area contributed by atoms with Crippen LogP contribution in [0.25, 0.3) is 11.2 Å². The molecule has 3 rings (SSSR count). The summed E-state index contributed by atoms with van der Waals surface area (Å²) in [6, 6.07) is 9.78. The van der Waals surface area contributed by atoms with E-state index in [1.54, 1.807) is 6.33 Å².